The third-order valence-corrected chi connectivity index (χ3v) is 6.79. The van der Waals surface area contributed by atoms with Crippen LogP contribution in [0.1, 0.15) is 34.9 Å². The van der Waals surface area contributed by atoms with Crippen LogP contribution in [0.15, 0.2) is 107 Å². The summed E-state index contributed by atoms with van der Waals surface area (Å²) < 4.78 is 53.0. The van der Waals surface area contributed by atoms with E-state index in [1.54, 1.807) is 4.98 Å². The Bertz CT molecular complexity index is 1430. The molecule has 0 unspecified atom stereocenters. The van der Waals surface area contributed by atoms with Crippen LogP contribution in [0, 0.1) is 0 Å². The number of aromatic nitrogens is 2. The molecular formula is C29H25F3N2O5. The Morgan fingerprint density at radius 1 is 0.872 bits per heavy atom. The van der Waals surface area contributed by atoms with E-state index in [4.69, 9.17) is 9.47 Å². The van der Waals surface area contributed by atoms with Crippen LogP contribution in [0.4, 0.5) is 13.2 Å². The molecule has 0 saturated carbocycles. The summed E-state index contributed by atoms with van der Waals surface area (Å²) in [5.74, 6) is 0. The second-order valence-corrected chi connectivity index (χ2v) is 9.23. The van der Waals surface area contributed by atoms with Crippen molar-refractivity contribution in [1.82, 2.24) is 9.55 Å². The highest BCUT2D eigenvalue weighted by Gasteiger charge is 2.42. The van der Waals surface area contributed by atoms with Gasteiger partial charge in [-0.25, -0.2) is 4.79 Å². The molecule has 10 heteroatoms. The molecule has 202 valence electrons. The number of aromatic amines is 1. The van der Waals surface area contributed by atoms with Crippen molar-refractivity contribution in [2.45, 2.75) is 36.6 Å². The molecule has 5 rings (SSSR count). The number of hydrogen-bond acceptors (Lipinski definition) is 5. The van der Waals surface area contributed by atoms with Crippen molar-refractivity contribution < 1.29 is 27.8 Å². The number of ether oxygens (including phenoxy) is 2. The molecule has 1 aliphatic heterocycles. The number of halogens is 3. The molecule has 2 heterocycles. The number of alkyl halides is 3. The molecule has 3 aromatic carbocycles. The first-order valence-electron chi connectivity index (χ1n) is 12.3. The van der Waals surface area contributed by atoms with Crippen molar-refractivity contribution in [1.29, 1.82) is 0 Å². The zero-order valence-corrected chi connectivity index (χ0v) is 20.5. The van der Waals surface area contributed by atoms with Crippen molar-refractivity contribution in [2.24, 2.45) is 0 Å². The average molecular weight is 539 g/mol. The van der Waals surface area contributed by atoms with E-state index in [0.717, 1.165) is 16.7 Å². The van der Waals surface area contributed by atoms with Gasteiger partial charge in [0.2, 0.25) is 0 Å². The summed E-state index contributed by atoms with van der Waals surface area (Å²) in [5, 5.41) is 10.8. The summed E-state index contributed by atoms with van der Waals surface area (Å²) in [5.41, 5.74) is -2.80. The third kappa shape index (κ3) is 5.18. The number of rotatable bonds is 7. The highest BCUT2D eigenvalue weighted by atomic mass is 19.4. The lowest BCUT2D eigenvalue weighted by atomic mass is 9.80. The maximum atomic E-state index is 13.3. The lowest BCUT2D eigenvalue weighted by Crippen LogP contribution is -2.38. The molecule has 1 aromatic heterocycles. The summed E-state index contributed by atoms with van der Waals surface area (Å²) in [6.07, 6.45) is -8.08. The number of benzene rings is 3. The molecule has 1 fully saturated rings. The fourth-order valence-corrected chi connectivity index (χ4v) is 4.91. The monoisotopic (exact) mass is 538 g/mol. The fraction of sp³-hybridized carbons (Fsp3) is 0.241. The van der Waals surface area contributed by atoms with Crippen molar-refractivity contribution in [2.75, 3.05) is 6.61 Å². The van der Waals surface area contributed by atoms with Crippen LogP contribution < -0.4 is 11.2 Å². The predicted octanol–water partition coefficient (Wildman–Crippen LogP) is 4.21. The minimum atomic E-state index is -4.97. The topological polar surface area (TPSA) is 93.6 Å². The summed E-state index contributed by atoms with van der Waals surface area (Å²) in [7, 11) is 0. The van der Waals surface area contributed by atoms with Crippen molar-refractivity contribution in [3.05, 3.63) is 140 Å². The van der Waals surface area contributed by atoms with Crippen LogP contribution >= 0.6 is 0 Å². The van der Waals surface area contributed by atoms with Crippen LogP contribution in [0.5, 0.6) is 0 Å². The van der Waals surface area contributed by atoms with E-state index in [9.17, 15) is 27.9 Å². The van der Waals surface area contributed by atoms with Crippen LogP contribution in [-0.4, -0.2) is 33.5 Å². The van der Waals surface area contributed by atoms with Gasteiger partial charge < -0.3 is 14.6 Å². The molecule has 4 aromatic rings. The summed E-state index contributed by atoms with van der Waals surface area (Å²) in [6, 6.07) is 28.5. The molecule has 0 amide bonds. The maximum absolute atomic E-state index is 13.3. The Kier molecular flexibility index (Phi) is 7.26. The Morgan fingerprint density at radius 2 is 1.36 bits per heavy atom. The highest BCUT2D eigenvalue weighted by Crippen LogP contribution is 2.41. The third-order valence-electron chi connectivity index (χ3n) is 6.79. The largest absolute Gasteiger partial charge is 0.423 e. The fourth-order valence-electron chi connectivity index (χ4n) is 4.91. The second kappa shape index (κ2) is 10.6. The Hall–Kier alpha value is -3.99. The van der Waals surface area contributed by atoms with Gasteiger partial charge in [0.15, 0.2) is 0 Å². The molecule has 1 saturated heterocycles. The standard InChI is InChI=1S/C29H25F3N2O5/c30-29(31,32)22-17-34(27(37)33-26(22)36)25-16-23(35)24(39-25)18-38-28(19-10-4-1-5-11-19,20-12-6-2-7-13-20)21-14-8-3-9-15-21/h1-15,17,23-25,35H,16,18H2,(H,33,36,37)/t23-,24-,25-/m1/s1. The number of H-pyrrole nitrogens is 1. The minimum absolute atomic E-state index is 0.152. The van der Waals surface area contributed by atoms with Gasteiger partial charge in [-0.15, -0.1) is 0 Å². The van der Waals surface area contributed by atoms with Gasteiger partial charge in [0.05, 0.1) is 12.7 Å². The number of aliphatic hydroxyl groups excluding tert-OH is 1. The summed E-state index contributed by atoms with van der Waals surface area (Å²) in [4.78, 5) is 25.7. The van der Waals surface area contributed by atoms with Crippen LogP contribution in [0.3, 0.4) is 0 Å². The molecule has 0 aliphatic carbocycles. The van der Waals surface area contributed by atoms with Crippen molar-refractivity contribution in [3.63, 3.8) is 0 Å². The van der Waals surface area contributed by atoms with Crippen LogP contribution in [0.2, 0.25) is 0 Å². The molecule has 0 bridgehead atoms. The van der Waals surface area contributed by atoms with Crippen LogP contribution in [-0.2, 0) is 21.3 Å². The number of hydrogen-bond donors (Lipinski definition) is 2. The molecule has 39 heavy (non-hydrogen) atoms. The highest BCUT2D eigenvalue weighted by molar-refractivity contribution is 5.47. The van der Waals surface area contributed by atoms with Gasteiger partial charge in [-0.05, 0) is 16.7 Å². The Labute approximate surface area is 221 Å². The van der Waals surface area contributed by atoms with Gasteiger partial charge in [0, 0.05) is 12.6 Å². The van der Waals surface area contributed by atoms with E-state index < -0.39 is 47.0 Å². The number of nitrogens with zero attached hydrogens (tertiary/aromatic N) is 1. The molecule has 3 atom stereocenters. The summed E-state index contributed by atoms with van der Waals surface area (Å²) >= 11 is 0. The molecular weight excluding hydrogens is 513 g/mol. The molecule has 1 aliphatic rings. The summed E-state index contributed by atoms with van der Waals surface area (Å²) in [6.45, 7) is -0.152. The van der Waals surface area contributed by atoms with Gasteiger partial charge >= 0.3 is 11.9 Å². The van der Waals surface area contributed by atoms with Gasteiger partial charge in [0.25, 0.3) is 5.56 Å². The predicted molar refractivity (Wildman–Crippen MR) is 136 cm³/mol. The Balaban J connectivity index is 1.49. The normalized spacial score (nSPS) is 19.7. The maximum Gasteiger partial charge on any atom is 0.423 e. The molecule has 0 radical (unpaired) electrons. The minimum Gasteiger partial charge on any atom is -0.390 e. The van der Waals surface area contributed by atoms with E-state index in [1.165, 1.54) is 0 Å². The van der Waals surface area contributed by atoms with E-state index in [1.807, 2.05) is 91.0 Å². The lowest BCUT2D eigenvalue weighted by molar-refractivity contribution is -0.139. The smallest absolute Gasteiger partial charge is 0.390 e. The zero-order valence-electron chi connectivity index (χ0n) is 20.5. The van der Waals surface area contributed by atoms with Gasteiger partial charge in [-0.3, -0.25) is 14.3 Å². The first kappa shape index (κ1) is 26.6. The zero-order chi connectivity index (χ0) is 27.6. The van der Waals surface area contributed by atoms with Gasteiger partial charge in [0.1, 0.15) is 23.5 Å². The van der Waals surface area contributed by atoms with E-state index in [0.29, 0.717) is 10.8 Å². The molecule has 2 N–H and O–H groups in total. The molecule has 7 nitrogen and oxygen atoms in total. The first-order valence-corrected chi connectivity index (χ1v) is 12.3. The Morgan fingerprint density at radius 3 is 1.82 bits per heavy atom. The van der Waals surface area contributed by atoms with Crippen molar-refractivity contribution in [3.8, 4) is 0 Å². The van der Waals surface area contributed by atoms with Gasteiger partial charge in [-0.1, -0.05) is 91.0 Å². The average Bonchev–Trinajstić information content (AvgIpc) is 3.30. The first-order chi connectivity index (χ1) is 18.7. The quantitative estimate of drug-likeness (QED) is 0.344. The molecule has 0 spiro atoms. The lowest BCUT2D eigenvalue weighted by Gasteiger charge is -2.37. The van der Waals surface area contributed by atoms with E-state index in [-0.39, 0.29) is 13.0 Å². The van der Waals surface area contributed by atoms with Crippen molar-refractivity contribution >= 4 is 0 Å². The number of nitrogens with one attached hydrogen (secondary N) is 1. The second-order valence-electron chi connectivity index (χ2n) is 9.23. The number of aliphatic hydroxyl groups is 1. The van der Waals surface area contributed by atoms with E-state index in [2.05, 4.69) is 0 Å². The SMILES string of the molecule is O=c1[nH]c(=O)n([C@H]2C[C@@H](O)[C@@H](COC(c3ccccc3)(c3ccccc3)c3ccccc3)O2)cc1C(F)(F)F. The van der Waals surface area contributed by atoms with Crippen LogP contribution in [0.25, 0.3) is 0 Å². The van der Waals surface area contributed by atoms with E-state index >= 15 is 0 Å². The van der Waals surface area contributed by atoms with Gasteiger partial charge in [-0.2, -0.15) is 13.2 Å².